The van der Waals surface area contributed by atoms with Crippen LogP contribution in [0.3, 0.4) is 0 Å². The summed E-state index contributed by atoms with van der Waals surface area (Å²) in [5, 5.41) is 0.693. The summed E-state index contributed by atoms with van der Waals surface area (Å²) in [7, 11) is 2.05. The Labute approximate surface area is 174 Å². The Balaban J connectivity index is 1.68. The monoisotopic (exact) mass is 403 g/mol. The van der Waals surface area contributed by atoms with E-state index in [9.17, 15) is 4.79 Å². The number of thiophene rings is 1. The van der Waals surface area contributed by atoms with Crippen LogP contribution >= 0.6 is 11.3 Å². The molecular weight excluding hydrogens is 378 g/mol. The van der Waals surface area contributed by atoms with Gasteiger partial charge >= 0.3 is 0 Å². The fourth-order valence-electron chi connectivity index (χ4n) is 3.67. The average Bonchev–Trinajstić information content (AvgIpc) is 3.05. The highest BCUT2D eigenvalue weighted by molar-refractivity contribution is 7.19. The lowest BCUT2D eigenvalue weighted by atomic mass is 10.0. The van der Waals surface area contributed by atoms with Gasteiger partial charge < -0.3 is 4.98 Å². The number of hydrogen-bond donors (Lipinski definition) is 1. The van der Waals surface area contributed by atoms with Gasteiger partial charge in [-0.05, 0) is 38.9 Å². The molecule has 2 aromatic carbocycles. The first kappa shape index (κ1) is 19.6. The number of aryl methyl sites for hydroxylation is 2. The molecule has 0 saturated heterocycles. The number of aromatic amines is 1. The molecule has 2 heterocycles. The van der Waals surface area contributed by atoms with Crippen molar-refractivity contribution in [3.63, 3.8) is 0 Å². The third kappa shape index (κ3) is 3.88. The summed E-state index contributed by atoms with van der Waals surface area (Å²) < 4.78 is 0. The SMILES string of the molecule is Cc1ccc(-c2c(C)sc3nc(CN(C)[C@H](C)c4ccccc4)[nH]c(=O)c23)cc1. The number of rotatable bonds is 5. The molecule has 1 N–H and O–H groups in total. The molecule has 4 nitrogen and oxygen atoms in total. The van der Waals surface area contributed by atoms with Gasteiger partial charge in [-0.25, -0.2) is 4.98 Å². The summed E-state index contributed by atoms with van der Waals surface area (Å²) in [6.45, 7) is 6.87. The van der Waals surface area contributed by atoms with Gasteiger partial charge in [-0.1, -0.05) is 60.2 Å². The van der Waals surface area contributed by atoms with Crippen molar-refractivity contribution in [2.24, 2.45) is 0 Å². The van der Waals surface area contributed by atoms with Gasteiger partial charge in [0.05, 0.1) is 11.9 Å². The van der Waals surface area contributed by atoms with E-state index in [0.717, 1.165) is 20.8 Å². The van der Waals surface area contributed by atoms with Gasteiger partial charge in [0.2, 0.25) is 0 Å². The van der Waals surface area contributed by atoms with E-state index in [0.29, 0.717) is 17.8 Å². The van der Waals surface area contributed by atoms with Crippen LogP contribution in [0.5, 0.6) is 0 Å². The third-order valence-corrected chi connectivity index (χ3v) is 6.47. The average molecular weight is 404 g/mol. The van der Waals surface area contributed by atoms with Crippen molar-refractivity contribution in [2.75, 3.05) is 7.05 Å². The van der Waals surface area contributed by atoms with Crippen molar-refractivity contribution in [3.05, 3.63) is 86.8 Å². The zero-order chi connectivity index (χ0) is 20.5. The highest BCUT2D eigenvalue weighted by Crippen LogP contribution is 2.35. The number of H-pyrrole nitrogens is 1. The second-order valence-electron chi connectivity index (χ2n) is 7.59. The summed E-state index contributed by atoms with van der Waals surface area (Å²) in [5.74, 6) is 0.699. The molecule has 2 aromatic heterocycles. The minimum absolute atomic E-state index is 0.0642. The number of hydrogen-bond acceptors (Lipinski definition) is 4. The van der Waals surface area contributed by atoms with Crippen LogP contribution in [0, 0.1) is 13.8 Å². The molecule has 0 aliphatic heterocycles. The number of nitrogens with zero attached hydrogens (tertiary/aromatic N) is 2. The molecule has 148 valence electrons. The van der Waals surface area contributed by atoms with Crippen LogP contribution in [-0.2, 0) is 6.54 Å². The van der Waals surface area contributed by atoms with Crippen LogP contribution < -0.4 is 5.56 Å². The van der Waals surface area contributed by atoms with Gasteiger partial charge in [0.1, 0.15) is 10.7 Å². The second kappa shape index (κ2) is 7.93. The summed E-state index contributed by atoms with van der Waals surface area (Å²) in [4.78, 5) is 24.9. The molecule has 0 unspecified atom stereocenters. The van der Waals surface area contributed by atoms with Gasteiger partial charge in [-0.3, -0.25) is 9.69 Å². The first-order chi connectivity index (χ1) is 13.9. The lowest BCUT2D eigenvalue weighted by Gasteiger charge is -2.24. The molecule has 4 aromatic rings. The molecule has 0 radical (unpaired) electrons. The Morgan fingerprint density at radius 1 is 1.07 bits per heavy atom. The van der Waals surface area contributed by atoms with Gasteiger partial charge in [0.25, 0.3) is 5.56 Å². The van der Waals surface area contributed by atoms with Crippen LogP contribution in [0.4, 0.5) is 0 Å². The fraction of sp³-hybridized carbons (Fsp3) is 0.250. The smallest absolute Gasteiger partial charge is 0.260 e. The van der Waals surface area contributed by atoms with E-state index in [1.807, 2.05) is 18.2 Å². The van der Waals surface area contributed by atoms with E-state index in [4.69, 9.17) is 4.98 Å². The van der Waals surface area contributed by atoms with Crippen LogP contribution in [0.1, 0.15) is 34.8 Å². The predicted molar refractivity (Wildman–Crippen MR) is 121 cm³/mol. The Morgan fingerprint density at radius 3 is 2.45 bits per heavy atom. The highest BCUT2D eigenvalue weighted by atomic mass is 32.1. The molecule has 0 amide bonds. The lowest BCUT2D eigenvalue weighted by Crippen LogP contribution is -2.24. The van der Waals surface area contributed by atoms with Crippen molar-refractivity contribution >= 4 is 21.6 Å². The molecule has 0 saturated carbocycles. The van der Waals surface area contributed by atoms with E-state index in [2.05, 4.69) is 74.1 Å². The maximum Gasteiger partial charge on any atom is 0.260 e. The van der Waals surface area contributed by atoms with E-state index >= 15 is 0 Å². The molecule has 0 spiro atoms. The minimum atomic E-state index is -0.0642. The van der Waals surface area contributed by atoms with Crippen molar-refractivity contribution in [1.29, 1.82) is 0 Å². The summed E-state index contributed by atoms with van der Waals surface area (Å²) in [6, 6.07) is 18.9. The molecular formula is C24H25N3OS. The topological polar surface area (TPSA) is 49.0 Å². The number of nitrogens with one attached hydrogen (secondary N) is 1. The lowest BCUT2D eigenvalue weighted by molar-refractivity contribution is 0.247. The molecule has 0 aliphatic rings. The minimum Gasteiger partial charge on any atom is -0.309 e. The van der Waals surface area contributed by atoms with E-state index in [-0.39, 0.29) is 11.6 Å². The van der Waals surface area contributed by atoms with E-state index < -0.39 is 0 Å². The Kier molecular flexibility index (Phi) is 5.35. The van der Waals surface area contributed by atoms with Crippen LogP contribution in [0.25, 0.3) is 21.3 Å². The zero-order valence-corrected chi connectivity index (χ0v) is 18.0. The first-order valence-electron chi connectivity index (χ1n) is 9.78. The quantitative estimate of drug-likeness (QED) is 0.481. The van der Waals surface area contributed by atoms with Crippen LogP contribution in [0.2, 0.25) is 0 Å². The van der Waals surface area contributed by atoms with Gasteiger partial charge in [-0.15, -0.1) is 11.3 Å². The molecule has 0 bridgehead atoms. The van der Waals surface area contributed by atoms with Crippen LogP contribution in [-0.4, -0.2) is 21.9 Å². The molecule has 0 fully saturated rings. The molecule has 29 heavy (non-hydrogen) atoms. The highest BCUT2D eigenvalue weighted by Gasteiger charge is 2.18. The predicted octanol–water partition coefficient (Wildman–Crippen LogP) is 5.46. The van der Waals surface area contributed by atoms with E-state index in [1.54, 1.807) is 11.3 Å². The molecule has 5 heteroatoms. The molecule has 0 aliphatic carbocycles. The summed E-state index contributed by atoms with van der Waals surface area (Å²) in [6.07, 6.45) is 0. The fourth-order valence-corrected chi connectivity index (χ4v) is 4.73. The molecule has 4 rings (SSSR count). The van der Waals surface area contributed by atoms with Gasteiger partial charge in [-0.2, -0.15) is 0 Å². The van der Waals surface area contributed by atoms with E-state index in [1.165, 1.54) is 11.1 Å². The first-order valence-corrected chi connectivity index (χ1v) is 10.6. The van der Waals surface area contributed by atoms with Crippen molar-refractivity contribution in [1.82, 2.24) is 14.9 Å². The van der Waals surface area contributed by atoms with Crippen LogP contribution in [0.15, 0.2) is 59.4 Å². The maximum atomic E-state index is 13.0. The number of aromatic nitrogens is 2. The normalized spacial score (nSPS) is 12.6. The van der Waals surface area contributed by atoms with Crippen molar-refractivity contribution < 1.29 is 0 Å². The third-order valence-electron chi connectivity index (χ3n) is 5.47. The second-order valence-corrected chi connectivity index (χ2v) is 8.80. The van der Waals surface area contributed by atoms with Gasteiger partial charge in [0.15, 0.2) is 0 Å². The molecule has 1 atom stereocenters. The Hall–Kier alpha value is -2.76. The standard InChI is InChI=1S/C24H25N3OS/c1-15-10-12-19(13-11-15)21-17(3)29-24-22(21)23(28)25-20(26-24)14-27(4)16(2)18-8-6-5-7-9-18/h5-13,16H,14H2,1-4H3,(H,25,26,28)/t16-/m1/s1. The van der Waals surface area contributed by atoms with Gasteiger partial charge in [0, 0.05) is 16.5 Å². The number of fused-ring (bicyclic) bond motifs is 1. The Morgan fingerprint density at radius 2 is 1.76 bits per heavy atom. The van der Waals surface area contributed by atoms with Crippen molar-refractivity contribution in [2.45, 2.75) is 33.4 Å². The zero-order valence-electron chi connectivity index (χ0n) is 17.2. The summed E-state index contributed by atoms with van der Waals surface area (Å²) in [5.41, 5.74) is 4.44. The maximum absolute atomic E-state index is 13.0. The largest absolute Gasteiger partial charge is 0.309 e. The Bertz CT molecular complexity index is 1190. The number of benzene rings is 2. The summed E-state index contributed by atoms with van der Waals surface area (Å²) >= 11 is 1.59. The van der Waals surface area contributed by atoms with Crippen molar-refractivity contribution in [3.8, 4) is 11.1 Å².